The molecule has 1 heteroatoms. The third-order valence-corrected chi connectivity index (χ3v) is 2.34. The second-order valence-electron chi connectivity index (χ2n) is 3.22. The lowest BCUT2D eigenvalue weighted by Gasteiger charge is -2.06. The fourth-order valence-electron chi connectivity index (χ4n) is 1.62. The summed E-state index contributed by atoms with van der Waals surface area (Å²) in [6.45, 7) is 0.577. The van der Waals surface area contributed by atoms with Gasteiger partial charge in [-0.05, 0) is 16.7 Å². The van der Waals surface area contributed by atoms with Crippen molar-refractivity contribution in [3.05, 3.63) is 65.8 Å². The van der Waals surface area contributed by atoms with Crippen molar-refractivity contribution in [1.29, 1.82) is 0 Å². The molecule has 0 saturated carbocycles. The molecule has 1 aliphatic rings. The van der Waals surface area contributed by atoms with E-state index in [0.717, 1.165) is 0 Å². The molecule has 0 aliphatic heterocycles. The summed E-state index contributed by atoms with van der Waals surface area (Å²) in [5.74, 6) is 0. The van der Waals surface area contributed by atoms with E-state index in [1.807, 2.05) is 30.4 Å². The van der Waals surface area contributed by atoms with Crippen molar-refractivity contribution in [2.45, 2.75) is 0 Å². The lowest BCUT2D eigenvalue weighted by molar-refractivity contribution is 1.25. The SMILES string of the molecule is NCC(=C1C=CC=C1)c1ccccc1. The topological polar surface area (TPSA) is 26.0 Å². The molecule has 0 radical (unpaired) electrons. The Morgan fingerprint density at radius 1 is 1.00 bits per heavy atom. The van der Waals surface area contributed by atoms with E-state index in [1.165, 1.54) is 16.7 Å². The van der Waals surface area contributed by atoms with Crippen LogP contribution in [0.5, 0.6) is 0 Å². The largest absolute Gasteiger partial charge is 0.326 e. The Kier molecular flexibility index (Phi) is 2.61. The van der Waals surface area contributed by atoms with Gasteiger partial charge >= 0.3 is 0 Å². The zero-order valence-electron chi connectivity index (χ0n) is 7.98. The van der Waals surface area contributed by atoms with Gasteiger partial charge in [-0.1, -0.05) is 54.6 Å². The average Bonchev–Trinajstić information content (AvgIpc) is 2.74. The minimum atomic E-state index is 0.577. The molecule has 1 nitrogen and oxygen atoms in total. The maximum atomic E-state index is 5.76. The molecule has 70 valence electrons. The van der Waals surface area contributed by atoms with Gasteiger partial charge in [0.15, 0.2) is 0 Å². The van der Waals surface area contributed by atoms with Gasteiger partial charge in [0.05, 0.1) is 0 Å². The molecule has 0 bridgehead atoms. The van der Waals surface area contributed by atoms with Gasteiger partial charge in [-0.25, -0.2) is 0 Å². The quantitative estimate of drug-likeness (QED) is 0.749. The van der Waals surface area contributed by atoms with E-state index >= 15 is 0 Å². The van der Waals surface area contributed by atoms with Crippen LogP contribution in [-0.4, -0.2) is 6.54 Å². The number of allylic oxidation sites excluding steroid dienone is 5. The number of rotatable bonds is 2. The molecular formula is C13H13N. The highest BCUT2D eigenvalue weighted by Gasteiger charge is 2.04. The van der Waals surface area contributed by atoms with Crippen molar-refractivity contribution >= 4 is 5.57 Å². The first-order valence-electron chi connectivity index (χ1n) is 4.75. The van der Waals surface area contributed by atoms with Gasteiger partial charge in [-0.2, -0.15) is 0 Å². The van der Waals surface area contributed by atoms with E-state index in [1.54, 1.807) is 0 Å². The van der Waals surface area contributed by atoms with Crippen LogP contribution in [0.25, 0.3) is 5.57 Å². The summed E-state index contributed by atoms with van der Waals surface area (Å²) in [7, 11) is 0. The standard InChI is InChI=1S/C13H13N/c14-10-13(12-8-4-5-9-12)11-6-2-1-3-7-11/h1-9H,10,14H2. The van der Waals surface area contributed by atoms with E-state index in [2.05, 4.69) is 24.3 Å². The highest BCUT2D eigenvalue weighted by Crippen LogP contribution is 2.21. The van der Waals surface area contributed by atoms with Crippen molar-refractivity contribution in [3.63, 3.8) is 0 Å². The predicted molar refractivity (Wildman–Crippen MR) is 60.7 cm³/mol. The molecule has 0 aromatic heterocycles. The maximum absolute atomic E-state index is 5.76. The molecule has 2 N–H and O–H groups in total. The Morgan fingerprint density at radius 3 is 2.21 bits per heavy atom. The van der Waals surface area contributed by atoms with Crippen molar-refractivity contribution < 1.29 is 0 Å². The summed E-state index contributed by atoms with van der Waals surface area (Å²) in [6, 6.07) is 10.3. The Hall–Kier alpha value is -1.60. The van der Waals surface area contributed by atoms with Crippen LogP contribution in [0.4, 0.5) is 0 Å². The van der Waals surface area contributed by atoms with E-state index in [4.69, 9.17) is 5.73 Å². The molecule has 14 heavy (non-hydrogen) atoms. The fourth-order valence-corrected chi connectivity index (χ4v) is 1.62. The fraction of sp³-hybridized carbons (Fsp3) is 0.0769. The van der Waals surface area contributed by atoms with E-state index in [0.29, 0.717) is 6.54 Å². The molecule has 1 aliphatic carbocycles. The van der Waals surface area contributed by atoms with Crippen LogP contribution in [0.1, 0.15) is 5.56 Å². The molecule has 0 amide bonds. The normalized spacial score (nSPS) is 13.6. The molecule has 0 atom stereocenters. The highest BCUT2D eigenvalue weighted by atomic mass is 14.5. The van der Waals surface area contributed by atoms with E-state index in [-0.39, 0.29) is 0 Å². The molecule has 0 spiro atoms. The van der Waals surface area contributed by atoms with Crippen LogP contribution in [0.15, 0.2) is 60.2 Å². The summed E-state index contributed by atoms with van der Waals surface area (Å²) in [5.41, 5.74) is 9.39. The highest BCUT2D eigenvalue weighted by molar-refractivity contribution is 5.75. The van der Waals surface area contributed by atoms with Gasteiger partial charge in [0.2, 0.25) is 0 Å². The van der Waals surface area contributed by atoms with E-state index < -0.39 is 0 Å². The first kappa shape index (κ1) is 8.97. The van der Waals surface area contributed by atoms with Crippen LogP contribution in [0.2, 0.25) is 0 Å². The Bertz CT molecular complexity index is 383. The minimum Gasteiger partial charge on any atom is -0.326 e. The van der Waals surface area contributed by atoms with Gasteiger partial charge in [-0.15, -0.1) is 0 Å². The first-order chi connectivity index (χ1) is 6.92. The molecule has 2 rings (SSSR count). The number of benzene rings is 1. The van der Waals surface area contributed by atoms with Crippen molar-refractivity contribution in [1.82, 2.24) is 0 Å². The van der Waals surface area contributed by atoms with Crippen LogP contribution in [-0.2, 0) is 0 Å². The summed E-state index contributed by atoms with van der Waals surface area (Å²) in [6.07, 6.45) is 8.26. The smallest absolute Gasteiger partial charge is 0.0190 e. The molecule has 0 saturated heterocycles. The third kappa shape index (κ3) is 1.68. The minimum absolute atomic E-state index is 0.577. The van der Waals surface area contributed by atoms with Crippen LogP contribution < -0.4 is 5.73 Å². The van der Waals surface area contributed by atoms with Crippen LogP contribution >= 0.6 is 0 Å². The van der Waals surface area contributed by atoms with Gasteiger partial charge in [-0.3, -0.25) is 0 Å². The summed E-state index contributed by atoms with van der Waals surface area (Å²) in [4.78, 5) is 0. The molecule has 0 fully saturated rings. The predicted octanol–water partition coefficient (Wildman–Crippen LogP) is 2.52. The van der Waals surface area contributed by atoms with Gasteiger partial charge < -0.3 is 5.73 Å². The molecule has 0 heterocycles. The Labute approximate surface area is 84.3 Å². The number of hydrogen-bond donors (Lipinski definition) is 1. The lowest BCUT2D eigenvalue weighted by Crippen LogP contribution is -2.03. The van der Waals surface area contributed by atoms with Crippen LogP contribution in [0, 0.1) is 0 Å². The second kappa shape index (κ2) is 4.07. The molecule has 1 aromatic carbocycles. The van der Waals surface area contributed by atoms with Gasteiger partial charge in [0.1, 0.15) is 0 Å². The van der Waals surface area contributed by atoms with Gasteiger partial charge in [0.25, 0.3) is 0 Å². The molecule has 0 unspecified atom stereocenters. The average molecular weight is 183 g/mol. The van der Waals surface area contributed by atoms with Crippen molar-refractivity contribution in [3.8, 4) is 0 Å². The number of nitrogens with two attached hydrogens (primary N) is 1. The van der Waals surface area contributed by atoms with Crippen molar-refractivity contribution in [2.75, 3.05) is 6.54 Å². The Morgan fingerprint density at radius 2 is 1.64 bits per heavy atom. The summed E-state index contributed by atoms with van der Waals surface area (Å²) in [5, 5.41) is 0. The zero-order valence-corrected chi connectivity index (χ0v) is 7.98. The first-order valence-corrected chi connectivity index (χ1v) is 4.75. The third-order valence-electron chi connectivity index (χ3n) is 2.34. The zero-order chi connectivity index (χ0) is 9.80. The number of hydrogen-bond acceptors (Lipinski definition) is 1. The van der Waals surface area contributed by atoms with Crippen molar-refractivity contribution in [2.24, 2.45) is 5.73 Å². The monoisotopic (exact) mass is 183 g/mol. The van der Waals surface area contributed by atoms with Gasteiger partial charge in [0, 0.05) is 6.54 Å². The van der Waals surface area contributed by atoms with Crippen LogP contribution in [0.3, 0.4) is 0 Å². The molecule has 1 aromatic rings. The lowest BCUT2D eigenvalue weighted by atomic mass is 10.0. The maximum Gasteiger partial charge on any atom is 0.0190 e. The summed E-state index contributed by atoms with van der Waals surface area (Å²) >= 11 is 0. The van der Waals surface area contributed by atoms with E-state index in [9.17, 15) is 0 Å². The Balaban J connectivity index is 2.45. The molecular weight excluding hydrogens is 170 g/mol. The summed E-state index contributed by atoms with van der Waals surface area (Å²) < 4.78 is 0. The second-order valence-corrected chi connectivity index (χ2v) is 3.22.